The van der Waals surface area contributed by atoms with Crippen LogP contribution in [0.5, 0.6) is 0 Å². The molecule has 0 amide bonds. The van der Waals surface area contributed by atoms with Gasteiger partial charge in [-0.25, -0.2) is 0 Å². The van der Waals surface area contributed by atoms with E-state index in [0.29, 0.717) is 18.3 Å². The SMILES string of the molecule is O[C@@](Cc1ccccc1)(c1ccccc1)[C@H]1C[NH+]2CCC1CC2. The second-order valence-corrected chi connectivity index (χ2v) is 7.35. The number of hydrogen-bond acceptors (Lipinski definition) is 1. The average Bonchev–Trinajstić information content (AvgIpc) is 2.64. The quantitative estimate of drug-likeness (QED) is 0.888. The zero-order valence-corrected chi connectivity index (χ0v) is 13.6. The van der Waals surface area contributed by atoms with Gasteiger partial charge in [-0.15, -0.1) is 0 Å². The Labute approximate surface area is 138 Å². The highest BCUT2D eigenvalue weighted by Gasteiger charge is 2.49. The summed E-state index contributed by atoms with van der Waals surface area (Å²) in [5.41, 5.74) is 1.56. The van der Waals surface area contributed by atoms with Crippen molar-refractivity contribution in [1.82, 2.24) is 0 Å². The Morgan fingerprint density at radius 2 is 1.52 bits per heavy atom. The molecule has 2 N–H and O–H groups in total. The van der Waals surface area contributed by atoms with Gasteiger partial charge in [0.1, 0.15) is 5.60 Å². The van der Waals surface area contributed by atoms with Crippen molar-refractivity contribution in [2.75, 3.05) is 19.6 Å². The Kier molecular flexibility index (Phi) is 3.96. The standard InChI is InChI=1S/C21H25NO/c23-21(19-9-5-2-6-10-19,15-17-7-3-1-4-8-17)20-16-22-13-11-18(20)12-14-22/h1-10,18,20,23H,11-16H2/p+1/t20-,21-/m0/s1. The molecular weight excluding hydrogens is 282 g/mol. The number of hydrogen-bond donors (Lipinski definition) is 2. The molecule has 3 heterocycles. The van der Waals surface area contributed by atoms with Crippen LogP contribution in [-0.2, 0) is 12.0 Å². The number of rotatable bonds is 4. The van der Waals surface area contributed by atoms with E-state index in [1.165, 1.54) is 31.5 Å². The monoisotopic (exact) mass is 308 g/mol. The molecule has 0 saturated carbocycles. The van der Waals surface area contributed by atoms with Crippen molar-refractivity contribution in [3.8, 4) is 0 Å². The number of nitrogens with one attached hydrogen (secondary N) is 1. The number of quaternary nitrogens is 1. The Morgan fingerprint density at radius 1 is 0.913 bits per heavy atom. The van der Waals surface area contributed by atoms with E-state index in [4.69, 9.17) is 0 Å². The average molecular weight is 308 g/mol. The maximum Gasteiger partial charge on any atom is 0.102 e. The van der Waals surface area contributed by atoms with Crippen molar-refractivity contribution in [2.24, 2.45) is 11.8 Å². The van der Waals surface area contributed by atoms with Gasteiger partial charge in [-0.2, -0.15) is 0 Å². The van der Waals surface area contributed by atoms with Crippen molar-refractivity contribution in [1.29, 1.82) is 0 Å². The van der Waals surface area contributed by atoms with Gasteiger partial charge in [0.05, 0.1) is 19.6 Å². The van der Waals surface area contributed by atoms with E-state index >= 15 is 0 Å². The zero-order valence-electron chi connectivity index (χ0n) is 13.6. The van der Waals surface area contributed by atoms with Crippen LogP contribution in [0.4, 0.5) is 0 Å². The second-order valence-electron chi connectivity index (χ2n) is 7.35. The molecule has 0 aromatic heterocycles. The van der Waals surface area contributed by atoms with Crippen molar-refractivity contribution >= 4 is 0 Å². The van der Waals surface area contributed by atoms with Crippen LogP contribution in [0.1, 0.15) is 24.0 Å². The lowest BCUT2D eigenvalue weighted by molar-refractivity contribution is -0.922. The molecule has 0 unspecified atom stereocenters. The number of aliphatic hydroxyl groups is 1. The van der Waals surface area contributed by atoms with E-state index in [2.05, 4.69) is 48.5 Å². The molecule has 3 saturated heterocycles. The van der Waals surface area contributed by atoms with E-state index in [1.54, 1.807) is 4.90 Å². The third-order valence-electron chi connectivity index (χ3n) is 6.02. The third-order valence-corrected chi connectivity index (χ3v) is 6.02. The van der Waals surface area contributed by atoms with Gasteiger partial charge in [0.2, 0.25) is 0 Å². The maximum atomic E-state index is 11.9. The third kappa shape index (κ3) is 2.82. The van der Waals surface area contributed by atoms with Crippen LogP contribution in [0, 0.1) is 11.8 Å². The first-order valence-corrected chi connectivity index (χ1v) is 8.91. The summed E-state index contributed by atoms with van der Waals surface area (Å²) in [5.74, 6) is 1.03. The molecule has 0 aliphatic carbocycles. The molecule has 2 atom stereocenters. The smallest absolute Gasteiger partial charge is 0.102 e. The van der Waals surface area contributed by atoms with Gasteiger partial charge in [-0.1, -0.05) is 60.7 Å². The van der Waals surface area contributed by atoms with Crippen LogP contribution >= 0.6 is 0 Å². The fourth-order valence-electron chi connectivity index (χ4n) is 4.77. The normalized spacial score (nSPS) is 29.2. The Morgan fingerprint density at radius 3 is 2.09 bits per heavy atom. The van der Waals surface area contributed by atoms with E-state index in [1.807, 2.05) is 12.1 Å². The maximum absolute atomic E-state index is 11.9. The first-order valence-electron chi connectivity index (χ1n) is 8.91. The summed E-state index contributed by atoms with van der Waals surface area (Å²) >= 11 is 0. The lowest BCUT2D eigenvalue weighted by Gasteiger charge is -2.49. The first kappa shape index (κ1) is 14.9. The van der Waals surface area contributed by atoms with Gasteiger partial charge in [0, 0.05) is 25.2 Å². The van der Waals surface area contributed by atoms with Crippen molar-refractivity contribution < 1.29 is 10.0 Å². The topological polar surface area (TPSA) is 24.7 Å². The molecule has 5 rings (SSSR count). The Bertz CT molecular complexity index is 633. The van der Waals surface area contributed by atoms with Gasteiger partial charge in [-0.05, 0) is 17.0 Å². The van der Waals surface area contributed by atoms with Gasteiger partial charge >= 0.3 is 0 Å². The van der Waals surface area contributed by atoms with Crippen molar-refractivity contribution in [2.45, 2.75) is 24.9 Å². The molecule has 0 radical (unpaired) electrons. The minimum Gasteiger partial charge on any atom is -0.384 e. The largest absolute Gasteiger partial charge is 0.384 e. The molecule has 0 spiro atoms. The lowest BCUT2D eigenvalue weighted by Crippen LogP contribution is -3.16. The minimum absolute atomic E-state index is 0.364. The van der Waals surface area contributed by atoms with Crippen molar-refractivity contribution in [3.63, 3.8) is 0 Å². The summed E-state index contributed by atoms with van der Waals surface area (Å²) in [7, 11) is 0. The van der Waals surface area contributed by atoms with Crippen LogP contribution in [0.2, 0.25) is 0 Å². The molecule has 3 fully saturated rings. The second kappa shape index (κ2) is 6.10. The van der Waals surface area contributed by atoms with Crippen LogP contribution in [0.15, 0.2) is 60.7 Å². The van der Waals surface area contributed by atoms with E-state index in [0.717, 1.165) is 12.1 Å². The fourth-order valence-corrected chi connectivity index (χ4v) is 4.77. The molecule has 2 nitrogen and oxygen atoms in total. The van der Waals surface area contributed by atoms with Gasteiger partial charge in [0.25, 0.3) is 0 Å². The Hall–Kier alpha value is -1.64. The van der Waals surface area contributed by atoms with Gasteiger partial charge in [-0.3, -0.25) is 0 Å². The van der Waals surface area contributed by atoms with E-state index < -0.39 is 5.60 Å². The molecule has 2 aromatic rings. The molecule has 3 aliphatic rings. The molecular formula is C21H26NO+. The minimum atomic E-state index is -0.751. The number of fused-ring (bicyclic) bond motifs is 3. The van der Waals surface area contributed by atoms with Crippen molar-refractivity contribution in [3.05, 3.63) is 71.8 Å². The highest BCUT2D eigenvalue weighted by molar-refractivity contribution is 5.28. The van der Waals surface area contributed by atoms with Gasteiger partial charge in [0.15, 0.2) is 0 Å². The predicted octanol–water partition coefficient (Wildman–Crippen LogP) is 2.04. The predicted molar refractivity (Wildman–Crippen MR) is 92.3 cm³/mol. The number of piperidine rings is 3. The van der Waals surface area contributed by atoms with E-state index in [-0.39, 0.29) is 0 Å². The molecule has 120 valence electrons. The van der Waals surface area contributed by atoms with Crippen LogP contribution < -0.4 is 4.90 Å². The first-order chi connectivity index (χ1) is 11.3. The highest BCUT2D eigenvalue weighted by Crippen LogP contribution is 2.41. The van der Waals surface area contributed by atoms with Crippen LogP contribution in [-0.4, -0.2) is 24.7 Å². The fraction of sp³-hybridized carbons (Fsp3) is 0.429. The van der Waals surface area contributed by atoms with E-state index in [9.17, 15) is 5.11 Å². The zero-order chi connectivity index (χ0) is 15.7. The molecule has 23 heavy (non-hydrogen) atoms. The summed E-state index contributed by atoms with van der Waals surface area (Å²) < 4.78 is 0. The molecule has 2 bridgehead atoms. The molecule has 3 aliphatic heterocycles. The summed E-state index contributed by atoms with van der Waals surface area (Å²) in [6, 6.07) is 20.8. The van der Waals surface area contributed by atoms with Crippen LogP contribution in [0.25, 0.3) is 0 Å². The molecule has 2 aromatic carbocycles. The summed E-state index contributed by atoms with van der Waals surface area (Å²) in [5, 5.41) is 11.9. The highest BCUT2D eigenvalue weighted by atomic mass is 16.3. The molecule has 2 heteroatoms. The summed E-state index contributed by atoms with van der Waals surface area (Å²) in [6.45, 7) is 3.69. The number of benzene rings is 2. The Balaban J connectivity index is 1.72. The van der Waals surface area contributed by atoms with Crippen LogP contribution in [0.3, 0.4) is 0 Å². The summed E-state index contributed by atoms with van der Waals surface area (Å²) in [4.78, 5) is 1.68. The summed E-state index contributed by atoms with van der Waals surface area (Å²) in [6.07, 6.45) is 3.25. The lowest BCUT2D eigenvalue weighted by atomic mass is 9.66. The van der Waals surface area contributed by atoms with Gasteiger partial charge < -0.3 is 10.0 Å².